The second kappa shape index (κ2) is 12.0. The third-order valence-corrected chi connectivity index (χ3v) is 5.09. The van der Waals surface area contributed by atoms with Gasteiger partial charge in [-0.2, -0.15) is 11.8 Å². The average Bonchev–Trinajstić information content (AvgIpc) is 3.05. The lowest BCUT2D eigenvalue weighted by atomic mass is 10.1. The minimum Gasteiger partial charge on any atom is -0.380 e. The first-order chi connectivity index (χ1) is 10.8. The van der Waals surface area contributed by atoms with Crippen molar-refractivity contribution >= 4 is 41.7 Å². The van der Waals surface area contributed by atoms with Gasteiger partial charge in [0.05, 0.1) is 13.2 Å². The fourth-order valence-corrected chi connectivity index (χ4v) is 3.73. The van der Waals surface area contributed by atoms with Crippen molar-refractivity contribution in [3.05, 3.63) is 35.4 Å². The van der Waals surface area contributed by atoms with E-state index in [4.69, 9.17) is 9.73 Å². The van der Waals surface area contributed by atoms with Gasteiger partial charge in [0, 0.05) is 25.4 Å². The maximum atomic E-state index is 5.26. The quantitative estimate of drug-likeness (QED) is 0.381. The zero-order valence-electron chi connectivity index (χ0n) is 14.0. The van der Waals surface area contributed by atoms with Crippen LogP contribution in [0.1, 0.15) is 30.9 Å². The number of nitrogens with one attached hydrogen (secondary N) is 2. The lowest BCUT2D eigenvalue weighted by Gasteiger charge is -2.15. The van der Waals surface area contributed by atoms with Crippen LogP contribution >= 0.6 is 35.7 Å². The largest absolute Gasteiger partial charge is 0.380 e. The van der Waals surface area contributed by atoms with Gasteiger partial charge in [-0.15, -0.1) is 24.0 Å². The Morgan fingerprint density at radius 2 is 2.09 bits per heavy atom. The first kappa shape index (κ1) is 20.6. The highest BCUT2D eigenvalue weighted by molar-refractivity contribution is 14.0. The van der Waals surface area contributed by atoms with Crippen LogP contribution in [0.2, 0.25) is 0 Å². The topological polar surface area (TPSA) is 45.7 Å². The Hall–Kier alpha value is -0.470. The Bertz CT molecular complexity index is 479. The molecule has 6 heteroatoms. The van der Waals surface area contributed by atoms with Crippen molar-refractivity contribution < 1.29 is 4.74 Å². The number of nitrogens with zero attached hydrogens (tertiary/aromatic N) is 1. The van der Waals surface area contributed by atoms with Crippen LogP contribution in [0, 0.1) is 0 Å². The third-order valence-electron chi connectivity index (χ3n) is 3.69. The molecule has 1 heterocycles. The number of aliphatic imine (C=N–C) groups is 1. The summed E-state index contributed by atoms with van der Waals surface area (Å²) in [4.78, 5) is 4.72. The predicted octanol–water partition coefficient (Wildman–Crippen LogP) is 3.40. The summed E-state index contributed by atoms with van der Waals surface area (Å²) >= 11 is 2.06. The summed E-state index contributed by atoms with van der Waals surface area (Å²) in [6.45, 7) is 5.28. The van der Waals surface area contributed by atoms with Crippen molar-refractivity contribution in [2.45, 2.75) is 38.2 Å². The minimum atomic E-state index is 0. The van der Waals surface area contributed by atoms with Crippen molar-refractivity contribution in [2.75, 3.05) is 26.0 Å². The summed E-state index contributed by atoms with van der Waals surface area (Å²) in [6, 6.07) is 8.32. The van der Waals surface area contributed by atoms with Gasteiger partial charge in [0.1, 0.15) is 0 Å². The monoisotopic (exact) mass is 449 g/mol. The summed E-state index contributed by atoms with van der Waals surface area (Å²) in [5.74, 6) is 2.20. The second-order valence-electron chi connectivity index (χ2n) is 5.41. The SMILES string of the molecule is CCNC(=NCc1ccccc1COC)NCC1CCCS1.I. The predicted molar refractivity (Wildman–Crippen MR) is 111 cm³/mol. The van der Waals surface area contributed by atoms with Crippen LogP contribution in [0.15, 0.2) is 29.3 Å². The highest BCUT2D eigenvalue weighted by Crippen LogP contribution is 2.25. The molecular weight excluding hydrogens is 421 g/mol. The maximum absolute atomic E-state index is 5.26. The van der Waals surface area contributed by atoms with Gasteiger partial charge in [-0.1, -0.05) is 24.3 Å². The second-order valence-corrected chi connectivity index (χ2v) is 6.82. The van der Waals surface area contributed by atoms with Crippen LogP contribution in [0.3, 0.4) is 0 Å². The molecule has 4 nitrogen and oxygen atoms in total. The van der Waals surface area contributed by atoms with E-state index in [0.29, 0.717) is 13.2 Å². The van der Waals surface area contributed by atoms with E-state index in [1.807, 2.05) is 6.07 Å². The molecule has 1 unspecified atom stereocenters. The molecule has 0 amide bonds. The van der Waals surface area contributed by atoms with E-state index >= 15 is 0 Å². The Morgan fingerprint density at radius 3 is 2.74 bits per heavy atom. The molecule has 1 atom stereocenters. The fourth-order valence-electron chi connectivity index (χ4n) is 2.53. The van der Waals surface area contributed by atoms with Gasteiger partial charge < -0.3 is 15.4 Å². The third kappa shape index (κ3) is 7.30. The molecule has 0 radical (unpaired) electrons. The highest BCUT2D eigenvalue weighted by atomic mass is 127. The first-order valence-corrected chi connectivity index (χ1v) is 9.08. The molecule has 1 aromatic rings. The van der Waals surface area contributed by atoms with Gasteiger partial charge >= 0.3 is 0 Å². The van der Waals surface area contributed by atoms with Crippen LogP contribution in [-0.4, -0.2) is 37.2 Å². The Balaban J connectivity index is 0.00000264. The smallest absolute Gasteiger partial charge is 0.191 e. The van der Waals surface area contributed by atoms with Crippen LogP contribution in [0.5, 0.6) is 0 Å². The molecule has 0 saturated carbocycles. The Kier molecular flexibility index (Phi) is 10.7. The van der Waals surface area contributed by atoms with Gasteiger partial charge in [0.2, 0.25) is 0 Å². The molecule has 23 heavy (non-hydrogen) atoms. The van der Waals surface area contributed by atoms with Crippen molar-refractivity contribution in [1.29, 1.82) is 0 Å². The fraction of sp³-hybridized carbons (Fsp3) is 0.588. The van der Waals surface area contributed by atoms with Crippen molar-refractivity contribution in [3.63, 3.8) is 0 Å². The van der Waals surface area contributed by atoms with Crippen LogP contribution in [0.25, 0.3) is 0 Å². The Morgan fingerprint density at radius 1 is 1.30 bits per heavy atom. The number of ether oxygens (including phenoxy) is 1. The van der Waals surface area contributed by atoms with Gasteiger partial charge in [0.25, 0.3) is 0 Å². The van der Waals surface area contributed by atoms with E-state index in [-0.39, 0.29) is 24.0 Å². The molecule has 2 N–H and O–H groups in total. The van der Waals surface area contributed by atoms with E-state index < -0.39 is 0 Å². The van der Waals surface area contributed by atoms with Gasteiger partial charge in [-0.3, -0.25) is 0 Å². The zero-order valence-corrected chi connectivity index (χ0v) is 17.2. The summed E-state index contributed by atoms with van der Waals surface area (Å²) in [6.07, 6.45) is 2.66. The van der Waals surface area contributed by atoms with Gasteiger partial charge in [-0.05, 0) is 36.6 Å². The number of hydrogen-bond acceptors (Lipinski definition) is 3. The molecule has 0 aliphatic carbocycles. The molecule has 1 aliphatic rings. The van der Waals surface area contributed by atoms with Gasteiger partial charge in [-0.25, -0.2) is 4.99 Å². The molecule has 1 aromatic carbocycles. The number of guanidine groups is 1. The summed E-state index contributed by atoms with van der Waals surface area (Å²) in [7, 11) is 1.73. The molecular formula is C17H28IN3OS. The summed E-state index contributed by atoms with van der Waals surface area (Å²) in [5.41, 5.74) is 2.42. The lowest BCUT2D eigenvalue weighted by molar-refractivity contribution is 0.184. The number of benzene rings is 1. The number of halogens is 1. The summed E-state index contributed by atoms with van der Waals surface area (Å²) in [5, 5.41) is 7.52. The van der Waals surface area contributed by atoms with E-state index in [0.717, 1.165) is 24.3 Å². The highest BCUT2D eigenvalue weighted by Gasteiger charge is 2.15. The number of methoxy groups -OCH3 is 1. The minimum absolute atomic E-state index is 0. The molecule has 1 fully saturated rings. The molecule has 0 aromatic heterocycles. The van der Waals surface area contributed by atoms with Crippen LogP contribution in [0.4, 0.5) is 0 Å². The number of rotatable bonds is 7. The standard InChI is InChI=1S/C17H27N3OS.HI/c1-3-18-17(20-12-16-9-6-10-22-16)19-11-14-7-4-5-8-15(14)13-21-2;/h4-5,7-8,16H,3,6,9-13H2,1-2H3,(H2,18,19,20);1H. The average molecular weight is 449 g/mol. The summed E-state index contributed by atoms with van der Waals surface area (Å²) < 4.78 is 5.26. The van der Waals surface area contributed by atoms with Gasteiger partial charge in [0.15, 0.2) is 5.96 Å². The normalized spacial score (nSPS) is 17.7. The number of thioether (sulfide) groups is 1. The number of hydrogen-bond donors (Lipinski definition) is 2. The zero-order chi connectivity index (χ0) is 15.6. The maximum Gasteiger partial charge on any atom is 0.191 e. The molecule has 0 spiro atoms. The van der Waals surface area contributed by atoms with Crippen molar-refractivity contribution in [2.24, 2.45) is 4.99 Å². The molecule has 2 rings (SSSR count). The van der Waals surface area contributed by atoms with E-state index in [1.165, 1.54) is 29.7 Å². The van der Waals surface area contributed by atoms with Crippen LogP contribution in [-0.2, 0) is 17.9 Å². The lowest BCUT2D eigenvalue weighted by Crippen LogP contribution is -2.40. The van der Waals surface area contributed by atoms with Crippen molar-refractivity contribution in [1.82, 2.24) is 10.6 Å². The molecule has 130 valence electrons. The van der Waals surface area contributed by atoms with E-state index in [9.17, 15) is 0 Å². The molecule has 1 saturated heterocycles. The molecule has 0 bridgehead atoms. The molecule has 1 aliphatic heterocycles. The van der Waals surface area contributed by atoms with E-state index in [2.05, 4.69) is 47.5 Å². The Labute approximate surface area is 161 Å². The van der Waals surface area contributed by atoms with E-state index in [1.54, 1.807) is 7.11 Å². The van der Waals surface area contributed by atoms with Crippen molar-refractivity contribution in [3.8, 4) is 0 Å². The first-order valence-electron chi connectivity index (χ1n) is 8.03. The van der Waals surface area contributed by atoms with Crippen LogP contribution < -0.4 is 10.6 Å².